The van der Waals surface area contributed by atoms with E-state index >= 15 is 0 Å². The van der Waals surface area contributed by atoms with Crippen molar-refractivity contribution in [3.63, 3.8) is 0 Å². The molecule has 1 aliphatic carbocycles. The fourth-order valence-electron chi connectivity index (χ4n) is 2.91. The van der Waals surface area contributed by atoms with Gasteiger partial charge in [-0.25, -0.2) is 4.52 Å². The van der Waals surface area contributed by atoms with Gasteiger partial charge in [-0.05, 0) is 52.7 Å². The number of fused-ring (bicyclic) bond motifs is 1. The first-order chi connectivity index (χ1) is 9.20. The van der Waals surface area contributed by atoms with Gasteiger partial charge in [-0.1, -0.05) is 19.8 Å². The number of hydrogen-bond acceptors (Lipinski definition) is 3. The van der Waals surface area contributed by atoms with Gasteiger partial charge in [0.2, 0.25) is 5.95 Å². The van der Waals surface area contributed by atoms with Crippen LogP contribution in [0.5, 0.6) is 0 Å². The molecule has 0 bridgehead atoms. The molecule has 1 fully saturated rings. The van der Waals surface area contributed by atoms with Gasteiger partial charge in [0.25, 0.3) is 0 Å². The van der Waals surface area contributed by atoms with E-state index in [0.29, 0.717) is 0 Å². The van der Waals surface area contributed by atoms with Crippen LogP contribution in [0.3, 0.4) is 0 Å². The molecule has 0 amide bonds. The highest BCUT2D eigenvalue weighted by molar-refractivity contribution is 9.10. The van der Waals surface area contributed by atoms with Gasteiger partial charge in [0.15, 0.2) is 5.65 Å². The molecule has 5 heteroatoms. The average molecular weight is 323 g/mol. The Labute approximate surface area is 121 Å². The number of hydrogen-bond donors (Lipinski definition) is 1. The summed E-state index contributed by atoms with van der Waals surface area (Å²) in [5.41, 5.74) is 0.878. The standard InChI is InChI=1S/C14H19BrN4/c1-10-3-2-4-11(7-10)8-16-14-17-13-6-5-12(15)9-19(13)18-14/h5-6,9-11H,2-4,7-8H2,1H3,(H,16,18). The van der Waals surface area contributed by atoms with Gasteiger partial charge in [-0.15, -0.1) is 5.10 Å². The summed E-state index contributed by atoms with van der Waals surface area (Å²) >= 11 is 3.44. The van der Waals surface area contributed by atoms with Crippen LogP contribution in [0.25, 0.3) is 5.65 Å². The van der Waals surface area contributed by atoms with Crippen molar-refractivity contribution >= 4 is 27.5 Å². The van der Waals surface area contributed by atoms with E-state index in [1.807, 2.05) is 18.3 Å². The molecule has 2 unspecified atom stereocenters. The fourth-order valence-corrected chi connectivity index (χ4v) is 3.24. The van der Waals surface area contributed by atoms with Crippen molar-refractivity contribution in [2.24, 2.45) is 11.8 Å². The number of rotatable bonds is 3. The molecule has 2 aromatic heterocycles. The van der Waals surface area contributed by atoms with Crippen molar-refractivity contribution in [1.29, 1.82) is 0 Å². The summed E-state index contributed by atoms with van der Waals surface area (Å²) in [6.45, 7) is 3.34. The normalized spacial score (nSPS) is 23.7. The van der Waals surface area contributed by atoms with Crippen LogP contribution >= 0.6 is 15.9 Å². The predicted octanol–water partition coefficient (Wildman–Crippen LogP) is 3.73. The van der Waals surface area contributed by atoms with E-state index in [9.17, 15) is 0 Å². The summed E-state index contributed by atoms with van der Waals surface area (Å²) in [5.74, 6) is 2.36. The monoisotopic (exact) mass is 322 g/mol. The molecule has 3 rings (SSSR count). The second-order valence-electron chi connectivity index (χ2n) is 5.60. The molecule has 0 spiro atoms. The summed E-state index contributed by atoms with van der Waals surface area (Å²) in [7, 11) is 0. The lowest BCUT2D eigenvalue weighted by Gasteiger charge is -2.26. The van der Waals surface area contributed by atoms with Crippen molar-refractivity contribution in [2.75, 3.05) is 11.9 Å². The van der Waals surface area contributed by atoms with E-state index in [4.69, 9.17) is 0 Å². The lowest BCUT2D eigenvalue weighted by molar-refractivity contribution is 0.293. The number of aromatic nitrogens is 3. The van der Waals surface area contributed by atoms with Gasteiger partial charge >= 0.3 is 0 Å². The smallest absolute Gasteiger partial charge is 0.243 e. The van der Waals surface area contributed by atoms with Gasteiger partial charge in [-0.2, -0.15) is 4.98 Å². The number of nitrogens with zero attached hydrogens (tertiary/aromatic N) is 3. The molecule has 1 aliphatic rings. The van der Waals surface area contributed by atoms with Crippen molar-refractivity contribution in [2.45, 2.75) is 32.6 Å². The second kappa shape index (κ2) is 5.49. The molecule has 1 N–H and O–H groups in total. The lowest BCUT2D eigenvalue weighted by atomic mass is 9.82. The maximum absolute atomic E-state index is 4.48. The maximum atomic E-state index is 4.48. The maximum Gasteiger partial charge on any atom is 0.243 e. The number of pyridine rings is 1. The minimum atomic E-state index is 0.733. The van der Waals surface area contributed by atoms with E-state index in [2.05, 4.69) is 38.3 Å². The topological polar surface area (TPSA) is 42.2 Å². The molecule has 2 heterocycles. The Bertz CT molecular complexity index is 566. The van der Waals surface area contributed by atoms with Crippen LogP contribution in [0.1, 0.15) is 32.6 Å². The Kier molecular flexibility index (Phi) is 3.73. The minimum Gasteiger partial charge on any atom is -0.353 e. The Morgan fingerprint density at radius 2 is 2.32 bits per heavy atom. The van der Waals surface area contributed by atoms with Gasteiger partial charge in [0, 0.05) is 17.2 Å². The molecular formula is C14H19BrN4. The lowest BCUT2D eigenvalue weighted by Crippen LogP contribution is -2.21. The van der Waals surface area contributed by atoms with Crippen LogP contribution in [0, 0.1) is 11.8 Å². The van der Waals surface area contributed by atoms with Crippen LogP contribution in [0.15, 0.2) is 22.8 Å². The molecule has 19 heavy (non-hydrogen) atoms. The predicted molar refractivity (Wildman–Crippen MR) is 80.3 cm³/mol. The van der Waals surface area contributed by atoms with E-state index < -0.39 is 0 Å². The molecular weight excluding hydrogens is 304 g/mol. The number of nitrogens with one attached hydrogen (secondary N) is 1. The van der Waals surface area contributed by atoms with Gasteiger partial charge in [-0.3, -0.25) is 0 Å². The highest BCUT2D eigenvalue weighted by atomic mass is 79.9. The SMILES string of the molecule is CC1CCCC(CNc2nc3ccc(Br)cn3n2)C1. The molecule has 0 radical (unpaired) electrons. The summed E-state index contributed by atoms with van der Waals surface area (Å²) in [6.07, 6.45) is 7.33. The Morgan fingerprint density at radius 1 is 1.42 bits per heavy atom. The quantitative estimate of drug-likeness (QED) is 0.936. The van der Waals surface area contributed by atoms with Crippen LogP contribution in [-0.4, -0.2) is 21.1 Å². The average Bonchev–Trinajstić information content (AvgIpc) is 2.78. The first-order valence-corrected chi connectivity index (χ1v) is 7.76. The summed E-state index contributed by atoms with van der Waals surface area (Å²) in [4.78, 5) is 4.48. The van der Waals surface area contributed by atoms with E-state index in [0.717, 1.165) is 34.4 Å². The summed E-state index contributed by atoms with van der Waals surface area (Å²) < 4.78 is 2.81. The molecule has 0 saturated heterocycles. The zero-order chi connectivity index (χ0) is 13.2. The molecule has 2 atom stereocenters. The Balaban J connectivity index is 1.65. The van der Waals surface area contributed by atoms with Crippen LogP contribution in [0.2, 0.25) is 0 Å². The van der Waals surface area contributed by atoms with Crippen molar-refractivity contribution in [1.82, 2.24) is 14.6 Å². The minimum absolute atomic E-state index is 0.733. The van der Waals surface area contributed by atoms with E-state index in [1.54, 1.807) is 4.52 Å². The van der Waals surface area contributed by atoms with Crippen molar-refractivity contribution in [3.8, 4) is 0 Å². The largest absolute Gasteiger partial charge is 0.353 e. The van der Waals surface area contributed by atoms with Crippen LogP contribution in [0.4, 0.5) is 5.95 Å². The number of halogens is 1. The Hall–Kier alpha value is -1.10. The molecule has 2 aromatic rings. The van der Waals surface area contributed by atoms with E-state index in [1.165, 1.54) is 25.7 Å². The highest BCUT2D eigenvalue weighted by Crippen LogP contribution is 2.28. The second-order valence-corrected chi connectivity index (χ2v) is 6.52. The van der Waals surface area contributed by atoms with E-state index in [-0.39, 0.29) is 0 Å². The van der Waals surface area contributed by atoms with Crippen molar-refractivity contribution < 1.29 is 0 Å². The summed E-state index contributed by atoms with van der Waals surface area (Å²) in [5, 5.41) is 7.83. The zero-order valence-corrected chi connectivity index (χ0v) is 12.7. The molecule has 0 aliphatic heterocycles. The molecule has 0 aromatic carbocycles. The van der Waals surface area contributed by atoms with Gasteiger partial charge < -0.3 is 5.32 Å². The number of anilines is 1. The third kappa shape index (κ3) is 3.08. The third-order valence-corrected chi connectivity index (χ3v) is 4.36. The first kappa shape index (κ1) is 12.9. The molecule has 102 valence electrons. The van der Waals surface area contributed by atoms with Crippen LogP contribution < -0.4 is 5.32 Å². The first-order valence-electron chi connectivity index (χ1n) is 6.96. The highest BCUT2D eigenvalue weighted by Gasteiger charge is 2.18. The Morgan fingerprint density at radius 3 is 3.16 bits per heavy atom. The molecule has 4 nitrogen and oxygen atoms in total. The van der Waals surface area contributed by atoms with Gasteiger partial charge in [0.05, 0.1) is 0 Å². The van der Waals surface area contributed by atoms with Gasteiger partial charge in [0.1, 0.15) is 0 Å². The van der Waals surface area contributed by atoms with Crippen LogP contribution in [-0.2, 0) is 0 Å². The molecule has 1 saturated carbocycles. The zero-order valence-electron chi connectivity index (χ0n) is 11.1. The fraction of sp³-hybridized carbons (Fsp3) is 0.571. The summed E-state index contributed by atoms with van der Waals surface area (Å²) in [6, 6.07) is 3.95. The third-order valence-electron chi connectivity index (χ3n) is 3.89. The van der Waals surface area contributed by atoms with Crippen molar-refractivity contribution in [3.05, 3.63) is 22.8 Å².